The van der Waals surface area contributed by atoms with Crippen molar-refractivity contribution in [2.45, 2.75) is 69.4 Å². The summed E-state index contributed by atoms with van der Waals surface area (Å²) in [5.41, 5.74) is -1.82. The molecule has 5 aliphatic rings. The summed E-state index contributed by atoms with van der Waals surface area (Å²) in [7, 11) is 0. The number of fused-ring (bicyclic) bond motifs is 4. The Labute approximate surface area is 241 Å². The number of halogens is 2. The van der Waals surface area contributed by atoms with Gasteiger partial charge in [0.05, 0.1) is 24.9 Å². The Kier molecular flexibility index (Phi) is 7.51. The number of amides is 3. The molecule has 4 aliphatic carbocycles. The first-order valence-corrected chi connectivity index (χ1v) is 14.1. The molecule has 3 unspecified atom stereocenters. The van der Waals surface area contributed by atoms with Crippen LogP contribution in [0.3, 0.4) is 0 Å². The number of nitrogens with zero attached hydrogens (tertiary/aromatic N) is 1. The molecule has 4 N–H and O–H groups in total. The molecule has 3 saturated carbocycles. The maximum Gasteiger partial charge on any atom is 0.259 e. The number of hydrogen-bond donors (Lipinski definition) is 4. The molecular formula is C29H36F2N4O7. The Hall–Kier alpha value is -3.29. The molecular weight excluding hydrogens is 554 g/mol. The van der Waals surface area contributed by atoms with Crippen LogP contribution in [0.5, 0.6) is 0 Å². The van der Waals surface area contributed by atoms with E-state index in [9.17, 15) is 28.8 Å². The number of alkyl halides is 1. The van der Waals surface area contributed by atoms with Gasteiger partial charge in [0.2, 0.25) is 11.8 Å². The molecule has 5 rings (SSSR count). The van der Waals surface area contributed by atoms with Crippen LogP contribution in [-0.4, -0.2) is 77.0 Å². The molecule has 0 radical (unpaired) electrons. The van der Waals surface area contributed by atoms with Crippen molar-refractivity contribution in [2.24, 2.45) is 28.3 Å². The summed E-state index contributed by atoms with van der Waals surface area (Å²) in [4.78, 5) is 52.0. The topological polar surface area (TPSA) is 159 Å². The summed E-state index contributed by atoms with van der Waals surface area (Å²) in [6.45, 7) is 7.13. The Balaban J connectivity index is 1.25. The fourth-order valence-corrected chi connectivity index (χ4v) is 8.09. The van der Waals surface area contributed by atoms with E-state index in [0.717, 1.165) is 0 Å². The fourth-order valence-electron chi connectivity index (χ4n) is 8.09. The number of aliphatic hydroxyl groups excluding tert-OH is 1. The molecule has 4 fully saturated rings. The molecule has 8 atom stereocenters. The number of hydrogen-bond acceptors (Lipinski definition) is 8. The van der Waals surface area contributed by atoms with Crippen LogP contribution in [0.4, 0.5) is 8.92 Å². The largest absolute Gasteiger partial charge is 0.390 e. The molecule has 42 heavy (non-hydrogen) atoms. The first kappa shape index (κ1) is 30.2. The zero-order valence-electron chi connectivity index (χ0n) is 23.8. The molecule has 228 valence electrons. The van der Waals surface area contributed by atoms with E-state index in [1.165, 1.54) is 6.92 Å². The second-order valence-electron chi connectivity index (χ2n) is 12.3. The molecule has 0 aromatic carbocycles. The van der Waals surface area contributed by atoms with Gasteiger partial charge in [0.1, 0.15) is 12.2 Å². The zero-order valence-corrected chi connectivity index (χ0v) is 23.8. The highest BCUT2D eigenvalue weighted by Gasteiger charge is 2.87. The van der Waals surface area contributed by atoms with Gasteiger partial charge in [-0.1, -0.05) is 25.2 Å². The second kappa shape index (κ2) is 10.5. The molecule has 11 nitrogen and oxygen atoms in total. The van der Waals surface area contributed by atoms with Gasteiger partial charge in [-0.2, -0.15) is 10.0 Å². The normalized spacial score (nSPS) is 40.0. The lowest BCUT2D eigenvalue weighted by atomic mass is 9.48. The summed E-state index contributed by atoms with van der Waals surface area (Å²) in [6, 6.07) is 0. The molecule has 0 aromatic heterocycles. The summed E-state index contributed by atoms with van der Waals surface area (Å²) in [5.74, 6) is -3.34. The first-order valence-electron chi connectivity index (χ1n) is 14.1. The summed E-state index contributed by atoms with van der Waals surface area (Å²) >= 11 is 0. The first-order chi connectivity index (χ1) is 19.8. The lowest BCUT2D eigenvalue weighted by molar-refractivity contribution is -0.179. The van der Waals surface area contributed by atoms with Gasteiger partial charge in [-0.15, -0.1) is 0 Å². The van der Waals surface area contributed by atoms with E-state index in [4.69, 9.17) is 4.74 Å². The van der Waals surface area contributed by atoms with Crippen LogP contribution in [0.15, 0.2) is 41.1 Å². The van der Waals surface area contributed by atoms with Crippen molar-refractivity contribution in [3.63, 3.8) is 0 Å². The van der Waals surface area contributed by atoms with Crippen LogP contribution in [-0.2, 0) is 28.9 Å². The van der Waals surface area contributed by atoms with Crippen LogP contribution in [0.25, 0.3) is 0 Å². The van der Waals surface area contributed by atoms with E-state index in [1.807, 2.05) is 6.92 Å². The van der Waals surface area contributed by atoms with E-state index in [2.05, 4.69) is 32.7 Å². The highest BCUT2D eigenvalue weighted by atomic mass is 19.3. The predicted octanol–water partition coefficient (Wildman–Crippen LogP) is 1.29. The number of aliphatic hydroxyl groups is 1. The van der Waals surface area contributed by atoms with Crippen LogP contribution in [0.2, 0.25) is 0 Å². The standard InChI is InChI=1S/C29H36F2N4O7/c1-15(2)25(40)33-12-23(38)32-13-24(39)35-34-18-7-8-26(4)17(10-18)5-6-19-20-9-16(3)29(22(37)14-41-31)27(20,42-29)11-21(36)28(19,26)30/h7-8,10,16,19-21,36H,1,5-6,9,11-14H2,2-4H3,(H,32,38)(H,33,40)(H,35,39)/b34-18+/t16-,19+,20+,21?,26?,27?,28+,29+/m1/s1. The number of hydrazone groups is 1. The van der Waals surface area contributed by atoms with Crippen molar-refractivity contribution < 1.29 is 42.9 Å². The minimum atomic E-state index is -2.05. The summed E-state index contributed by atoms with van der Waals surface area (Å²) < 4.78 is 36.0. The molecule has 13 heteroatoms. The molecule has 1 aliphatic heterocycles. The number of Topliss-reactive ketones (excluding diaryl/α,β-unsaturated/α-hetero) is 1. The van der Waals surface area contributed by atoms with Gasteiger partial charge in [0.15, 0.2) is 17.1 Å². The molecule has 0 aromatic rings. The number of nitrogens with one attached hydrogen (secondary N) is 3. The zero-order chi connectivity index (χ0) is 30.7. The van der Waals surface area contributed by atoms with E-state index in [1.54, 1.807) is 25.2 Å². The van der Waals surface area contributed by atoms with Gasteiger partial charge < -0.3 is 20.5 Å². The highest BCUT2D eigenvalue weighted by Crippen LogP contribution is 2.76. The third-order valence-corrected chi connectivity index (χ3v) is 10.1. The summed E-state index contributed by atoms with van der Waals surface area (Å²) in [5, 5.41) is 20.2. The molecule has 1 heterocycles. The van der Waals surface area contributed by atoms with E-state index in [0.29, 0.717) is 30.5 Å². The van der Waals surface area contributed by atoms with Crippen molar-refractivity contribution in [3.05, 3.63) is 36.0 Å². The Morgan fingerprint density at radius 3 is 2.62 bits per heavy atom. The average Bonchev–Trinajstić information content (AvgIpc) is 3.55. The lowest BCUT2D eigenvalue weighted by Crippen LogP contribution is -2.66. The number of carbonyl (C=O) groups is 4. The number of ketones is 1. The third-order valence-electron chi connectivity index (χ3n) is 10.1. The van der Waals surface area contributed by atoms with Crippen LogP contribution in [0.1, 0.15) is 46.5 Å². The number of carbonyl (C=O) groups excluding carboxylic acids is 4. The molecule has 1 saturated heterocycles. The van der Waals surface area contributed by atoms with Crippen LogP contribution in [0, 0.1) is 23.2 Å². The number of allylic oxidation sites excluding steroid dienone is 4. The van der Waals surface area contributed by atoms with Crippen molar-refractivity contribution in [3.8, 4) is 0 Å². The van der Waals surface area contributed by atoms with Gasteiger partial charge in [0, 0.05) is 23.3 Å². The van der Waals surface area contributed by atoms with Crippen molar-refractivity contribution in [1.82, 2.24) is 16.1 Å². The third kappa shape index (κ3) is 4.27. The average molecular weight is 591 g/mol. The maximum atomic E-state index is 17.4. The number of epoxide rings is 1. The van der Waals surface area contributed by atoms with Crippen molar-refractivity contribution in [2.75, 3.05) is 19.7 Å². The Morgan fingerprint density at radius 2 is 1.93 bits per heavy atom. The van der Waals surface area contributed by atoms with Gasteiger partial charge in [0.25, 0.3) is 5.91 Å². The van der Waals surface area contributed by atoms with Crippen LogP contribution < -0.4 is 16.1 Å². The summed E-state index contributed by atoms with van der Waals surface area (Å²) in [6.07, 6.45) is 4.84. The van der Waals surface area contributed by atoms with Gasteiger partial charge in [-0.05, 0) is 61.6 Å². The lowest BCUT2D eigenvalue weighted by Gasteiger charge is -2.59. The van der Waals surface area contributed by atoms with Crippen LogP contribution >= 0.6 is 0 Å². The smallest absolute Gasteiger partial charge is 0.259 e. The van der Waals surface area contributed by atoms with Gasteiger partial charge in [-0.25, -0.2) is 9.82 Å². The van der Waals surface area contributed by atoms with E-state index >= 15 is 4.39 Å². The number of ether oxygens (including phenoxy) is 1. The van der Waals surface area contributed by atoms with E-state index in [-0.39, 0.29) is 36.9 Å². The Bertz CT molecular complexity index is 1330. The quantitative estimate of drug-likeness (QED) is 0.179. The second-order valence-corrected chi connectivity index (χ2v) is 12.3. The highest BCUT2D eigenvalue weighted by molar-refractivity contribution is 6.06. The minimum absolute atomic E-state index is 0.0800. The van der Waals surface area contributed by atoms with Crippen molar-refractivity contribution >= 4 is 29.2 Å². The van der Waals surface area contributed by atoms with Gasteiger partial charge >= 0.3 is 0 Å². The van der Waals surface area contributed by atoms with E-state index < -0.39 is 64.4 Å². The predicted molar refractivity (Wildman–Crippen MR) is 145 cm³/mol. The minimum Gasteiger partial charge on any atom is -0.390 e. The van der Waals surface area contributed by atoms with Crippen molar-refractivity contribution in [1.29, 1.82) is 0 Å². The Morgan fingerprint density at radius 1 is 1.21 bits per heavy atom. The number of rotatable bonds is 9. The molecule has 0 bridgehead atoms. The fraction of sp³-hybridized carbons (Fsp3) is 0.621. The maximum absolute atomic E-state index is 17.4. The molecule has 3 amide bonds. The van der Waals surface area contributed by atoms with Gasteiger partial charge in [-0.3, -0.25) is 19.2 Å². The SMILES string of the molecule is C=C(C)C(=O)NCC(=O)NCC(=O)N/N=C1\C=CC2(C)C(=C1)CC[C@H]1[C@@H]3C[C@@H](C)[C@@]4(C(=O)COF)OC34CC(O)[C@@]12F. The monoisotopic (exact) mass is 590 g/mol. The molecule has 1 spiro atoms.